The first-order valence-corrected chi connectivity index (χ1v) is 8.64. The summed E-state index contributed by atoms with van der Waals surface area (Å²) in [5, 5.41) is 3.06. The second-order valence-corrected chi connectivity index (χ2v) is 7.68. The normalized spacial score (nSPS) is 16.1. The van der Waals surface area contributed by atoms with Crippen LogP contribution >= 0.6 is 0 Å². The molecule has 0 aliphatic heterocycles. The Morgan fingerprint density at radius 2 is 1.85 bits per heavy atom. The van der Waals surface area contributed by atoms with E-state index in [-0.39, 0.29) is 6.04 Å². The average Bonchev–Trinajstić information content (AvgIpc) is 3.20. The molecule has 112 valence electrons. The van der Waals surface area contributed by atoms with Gasteiger partial charge in [0.2, 0.25) is 10.0 Å². The van der Waals surface area contributed by atoms with E-state index < -0.39 is 10.0 Å². The molecule has 0 radical (unpaired) electrons. The summed E-state index contributed by atoms with van der Waals surface area (Å²) in [7, 11) is -1.50. The van der Waals surface area contributed by atoms with E-state index in [0.29, 0.717) is 17.4 Å². The van der Waals surface area contributed by atoms with Crippen molar-refractivity contribution < 1.29 is 8.42 Å². The van der Waals surface area contributed by atoms with Gasteiger partial charge in [0.1, 0.15) is 0 Å². The Kier molecular flexibility index (Phi) is 4.83. The molecule has 20 heavy (non-hydrogen) atoms. The molecule has 0 aromatic heterocycles. The lowest BCUT2D eigenvalue weighted by molar-refractivity contribution is 0.341. The van der Waals surface area contributed by atoms with Crippen molar-refractivity contribution in [2.45, 2.75) is 44.2 Å². The number of hydrogen-bond acceptors (Lipinski definition) is 3. The highest BCUT2D eigenvalue weighted by Crippen LogP contribution is 2.32. The van der Waals surface area contributed by atoms with Crippen molar-refractivity contribution in [1.29, 1.82) is 0 Å². The minimum absolute atomic E-state index is 0.00224. The molecule has 1 aliphatic carbocycles. The SMILES string of the molecule is CNCc1ccc(S(=O)(=O)N(CC2CC2)C(C)C)cc1. The van der Waals surface area contributed by atoms with E-state index in [1.165, 1.54) is 0 Å². The second-order valence-electron chi connectivity index (χ2n) is 5.79. The van der Waals surface area contributed by atoms with Crippen molar-refractivity contribution in [3.05, 3.63) is 29.8 Å². The molecule has 1 N–H and O–H groups in total. The number of hydrogen-bond donors (Lipinski definition) is 1. The van der Waals surface area contributed by atoms with Gasteiger partial charge in [-0.15, -0.1) is 0 Å². The van der Waals surface area contributed by atoms with Crippen LogP contribution < -0.4 is 5.32 Å². The van der Waals surface area contributed by atoms with E-state index in [0.717, 1.165) is 24.9 Å². The molecule has 1 aromatic carbocycles. The van der Waals surface area contributed by atoms with Gasteiger partial charge in [0.05, 0.1) is 4.90 Å². The molecule has 1 aromatic rings. The smallest absolute Gasteiger partial charge is 0.243 e. The van der Waals surface area contributed by atoms with Gasteiger partial charge < -0.3 is 5.32 Å². The monoisotopic (exact) mass is 296 g/mol. The first-order chi connectivity index (χ1) is 9.45. The highest BCUT2D eigenvalue weighted by atomic mass is 32.2. The van der Waals surface area contributed by atoms with Gasteiger partial charge in [0.15, 0.2) is 0 Å². The van der Waals surface area contributed by atoms with Gasteiger partial charge >= 0.3 is 0 Å². The minimum Gasteiger partial charge on any atom is -0.316 e. The molecule has 0 unspecified atom stereocenters. The van der Waals surface area contributed by atoms with Gasteiger partial charge in [-0.3, -0.25) is 0 Å². The van der Waals surface area contributed by atoms with Crippen LogP contribution in [0.3, 0.4) is 0 Å². The molecule has 0 bridgehead atoms. The number of rotatable bonds is 7. The highest BCUT2D eigenvalue weighted by Gasteiger charge is 2.33. The number of nitrogens with one attached hydrogen (secondary N) is 1. The fraction of sp³-hybridized carbons (Fsp3) is 0.600. The Hall–Kier alpha value is -0.910. The Morgan fingerprint density at radius 3 is 2.30 bits per heavy atom. The maximum Gasteiger partial charge on any atom is 0.243 e. The van der Waals surface area contributed by atoms with E-state index in [9.17, 15) is 8.42 Å². The Bertz CT molecular complexity index is 533. The quantitative estimate of drug-likeness (QED) is 0.839. The predicted molar refractivity (Wildman–Crippen MR) is 81.0 cm³/mol. The third kappa shape index (κ3) is 3.59. The zero-order valence-electron chi connectivity index (χ0n) is 12.5. The molecule has 0 saturated heterocycles. The number of nitrogens with zero attached hydrogens (tertiary/aromatic N) is 1. The molecule has 1 fully saturated rings. The maximum atomic E-state index is 12.7. The van der Waals surface area contributed by atoms with Crippen LogP contribution in [-0.2, 0) is 16.6 Å². The van der Waals surface area contributed by atoms with Crippen LogP contribution in [0.15, 0.2) is 29.2 Å². The van der Waals surface area contributed by atoms with Gasteiger partial charge in [0.25, 0.3) is 0 Å². The number of benzene rings is 1. The van der Waals surface area contributed by atoms with Crippen molar-refractivity contribution in [3.8, 4) is 0 Å². The summed E-state index contributed by atoms with van der Waals surface area (Å²) in [4.78, 5) is 0.395. The largest absolute Gasteiger partial charge is 0.316 e. The molecular weight excluding hydrogens is 272 g/mol. The van der Waals surface area contributed by atoms with Crippen LogP contribution in [0.2, 0.25) is 0 Å². The second kappa shape index (κ2) is 6.24. The third-order valence-electron chi connectivity index (χ3n) is 3.62. The van der Waals surface area contributed by atoms with Crippen LogP contribution in [0.5, 0.6) is 0 Å². The first kappa shape index (κ1) is 15.5. The molecule has 1 saturated carbocycles. The van der Waals surface area contributed by atoms with Crippen molar-refractivity contribution >= 4 is 10.0 Å². The fourth-order valence-electron chi connectivity index (χ4n) is 2.26. The van der Waals surface area contributed by atoms with Crippen LogP contribution in [0.25, 0.3) is 0 Å². The summed E-state index contributed by atoms with van der Waals surface area (Å²) in [5.41, 5.74) is 1.09. The summed E-state index contributed by atoms with van der Waals surface area (Å²) in [6, 6.07) is 7.17. The average molecular weight is 296 g/mol. The van der Waals surface area contributed by atoms with Crippen LogP contribution in [0.1, 0.15) is 32.3 Å². The van der Waals surface area contributed by atoms with Gasteiger partial charge in [-0.1, -0.05) is 12.1 Å². The van der Waals surface area contributed by atoms with E-state index in [2.05, 4.69) is 5.32 Å². The van der Waals surface area contributed by atoms with Crippen molar-refractivity contribution in [3.63, 3.8) is 0 Å². The van der Waals surface area contributed by atoms with Crippen molar-refractivity contribution in [2.75, 3.05) is 13.6 Å². The van der Waals surface area contributed by atoms with Gasteiger partial charge in [0, 0.05) is 19.1 Å². The summed E-state index contributed by atoms with van der Waals surface area (Å²) in [5.74, 6) is 0.552. The van der Waals surface area contributed by atoms with Crippen molar-refractivity contribution in [1.82, 2.24) is 9.62 Å². The van der Waals surface area contributed by atoms with Gasteiger partial charge in [-0.05, 0) is 57.4 Å². The lowest BCUT2D eigenvalue weighted by Gasteiger charge is -2.26. The lowest BCUT2D eigenvalue weighted by Crippen LogP contribution is -2.38. The standard InChI is InChI=1S/C15H24N2O2S/c1-12(2)17(11-14-4-5-14)20(18,19)15-8-6-13(7-9-15)10-16-3/h6-9,12,14,16H,4-5,10-11H2,1-3H3. The molecular formula is C15H24N2O2S. The van der Waals surface area contributed by atoms with Gasteiger partial charge in [-0.2, -0.15) is 4.31 Å². The molecule has 0 atom stereocenters. The first-order valence-electron chi connectivity index (χ1n) is 7.20. The third-order valence-corrected chi connectivity index (χ3v) is 5.68. The van der Waals surface area contributed by atoms with E-state index in [1.54, 1.807) is 16.4 Å². The molecule has 0 heterocycles. The molecule has 1 aliphatic rings. The Morgan fingerprint density at radius 1 is 1.25 bits per heavy atom. The predicted octanol–water partition coefficient (Wildman–Crippen LogP) is 2.22. The van der Waals surface area contributed by atoms with E-state index in [1.807, 2.05) is 33.0 Å². The molecule has 0 amide bonds. The highest BCUT2D eigenvalue weighted by molar-refractivity contribution is 7.89. The fourth-order valence-corrected chi connectivity index (χ4v) is 3.97. The topological polar surface area (TPSA) is 49.4 Å². The van der Waals surface area contributed by atoms with E-state index in [4.69, 9.17) is 0 Å². The lowest BCUT2D eigenvalue weighted by atomic mass is 10.2. The number of sulfonamides is 1. The van der Waals surface area contributed by atoms with Gasteiger partial charge in [-0.25, -0.2) is 8.42 Å². The maximum absolute atomic E-state index is 12.7. The summed E-state index contributed by atoms with van der Waals surface area (Å²) in [6.07, 6.45) is 2.31. The van der Waals surface area contributed by atoms with Crippen molar-refractivity contribution in [2.24, 2.45) is 5.92 Å². The molecule has 0 spiro atoms. The van der Waals surface area contributed by atoms with Crippen LogP contribution in [-0.4, -0.2) is 32.4 Å². The zero-order chi connectivity index (χ0) is 14.8. The zero-order valence-corrected chi connectivity index (χ0v) is 13.3. The molecule has 5 heteroatoms. The molecule has 2 rings (SSSR count). The van der Waals surface area contributed by atoms with Crippen LogP contribution in [0.4, 0.5) is 0 Å². The summed E-state index contributed by atoms with van der Waals surface area (Å²) in [6.45, 7) is 5.28. The molecule has 4 nitrogen and oxygen atoms in total. The Labute approximate surface area is 122 Å². The van der Waals surface area contributed by atoms with Crippen LogP contribution in [0, 0.1) is 5.92 Å². The minimum atomic E-state index is -3.37. The summed E-state index contributed by atoms with van der Waals surface area (Å²) >= 11 is 0. The summed E-state index contributed by atoms with van der Waals surface area (Å²) < 4.78 is 27.1. The Balaban J connectivity index is 2.21. The van der Waals surface area contributed by atoms with E-state index >= 15 is 0 Å².